The lowest BCUT2D eigenvalue weighted by Crippen LogP contribution is -2.35. The Morgan fingerprint density at radius 3 is 2.56 bits per heavy atom. The zero-order valence-corrected chi connectivity index (χ0v) is 11.1. The number of rotatable bonds is 5. The lowest BCUT2D eigenvalue weighted by Gasteiger charge is -2.29. The highest BCUT2D eigenvalue weighted by atomic mass is 16.3. The second-order valence-corrected chi connectivity index (χ2v) is 5.12. The first-order valence-electron chi connectivity index (χ1n) is 6.82. The van der Waals surface area contributed by atoms with Crippen molar-refractivity contribution < 1.29 is 10.2 Å². The molecular weight excluding hydrogens is 226 g/mol. The van der Waals surface area contributed by atoms with Crippen LogP contribution in [0.4, 0.5) is 5.69 Å². The van der Waals surface area contributed by atoms with Crippen molar-refractivity contribution in [3.8, 4) is 0 Å². The van der Waals surface area contributed by atoms with Gasteiger partial charge in [-0.05, 0) is 55.4 Å². The van der Waals surface area contributed by atoms with Crippen LogP contribution in [0.3, 0.4) is 0 Å². The molecule has 2 N–H and O–H groups in total. The number of likely N-dealkylation sites (N-methyl/N-ethyl adjacent to an activating group) is 1. The van der Waals surface area contributed by atoms with E-state index in [2.05, 4.69) is 23.1 Å². The SMILES string of the molecule is CN(c1ccc2c(c1)CCCC2)C(CO)CCO. The van der Waals surface area contributed by atoms with Crippen LogP contribution in [0.15, 0.2) is 18.2 Å². The predicted octanol–water partition coefficient (Wildman–Crippen LogP) is 1.74. The first-order valence-corrected chi connectivity index (χ1v) is 6.82. The maximum atomic E-state index is 9.37. The summed E-state index contributed by atoms with van der Waals surface area (Å²) < 4.78 is 0. The molecule has 1 unspecified atom stereocenters. The van der Waals surface area contributed by atoms with Crippen molar-refractivity contribution in [2.24, 2.45) is 0 Å². The van der Waals surface area contributed by atoms with E-state index in [0.717, 1.165) is 5.69 Å². The number of aliphatic hydroxyl groups is 2. The van der Waals surface area contributed by atoms with Crippen LogP contribution < -0.4 is 4.90 Å². The van der Waals surface area contributed by atoms with Crippen LogP contribution >= 0.6 is 0 Å². The van der Waals surface area contributed by atoms with Gasteiger partial charge in [-0.1, -0.05) is 6.07 Å². The summed E-state index contributed by atoms with van der Waals surface area (Å²) >= 11 is 0. The zero-order chi connectivity index (χ0) is 13.0. The summed E-state index contributed by atoms with van der Waals surface area (Å²) in [5.41, 5.74) is 4.07. The number of fused-ring (bicyclic) bond motifs is 1. The largest absolute Gasteiger partial charge is 0.396 e. The lowest BCUT2D eigenvalue weighted by molar-refractivity contribution is 0.218. The highest BCUT2D eigenvalue weighted by Crippen LogP contribution is 2.26. The summed E-state index contributed by atoms with van der Waals surface area (Å²) in [6.07, 6.45) is 5.54. The van der Waals surface area contributed by atoms with Crippen molar-refractivity contribution in [1.29, 1.82) is 0 Å². The minimum Gasteiger partial charge on any atom is -0.396 e. The van der Waals surface area contributed by atoms with Gasteiger partial charge in [-0.25, -0.2) is 0 Å². The van der Waals surface area contributed by atoms with E-state index in [1.165, 1.54) is 36.8 Å². The van der Waals surface area contributed by atoms with Crippen LogP contribution in [0, 0.1) is 0 Å². The number of anilines is 1. The van der Waals surface area contributed by atoms with Gasteiger partial charge in [0.25, 0.3) is 0 Å². The molecule has 1 atom stereocenters. The van der Waals surface area contributed by atoms with Crippen molar-refractivity contribution in [3.63, 3.8) is 0 Å². The molecule has 0 fully saturated rings. The van der Waals surface area contributed by atoms with E-state index in [1.807, 2.05) is 7.05 Å². The first kappa shape index (κ1) is 13.4. The van der Waals surface area contributed by atoms with Gasteiger partial charge < -0.3 is 15.1 Å². The second-order valence-electron chi connectivity index (χ2n) is 5.12. The van der Waals surface area contributed by atoms with E-state index in [9.17, 15) is 5.11 Å². The first-order chi connectivity index (χ1) is 8.76. The average Bonchev–Trinajstić information content (AvgIpc) is 2.43. The van der Waals surface area contributed by atoms with Gasteiger partial charge in [-0.2, -0.15) is 0 Å². The number of benzene rings is 1. The Hall–Kier alpha value is -1.06. The van der Waals surface area contributed by atoms with Gasteiger partial charge >= 0.3 is 0 Å². The Morgan fingerprint density at radius 2 is 1.89 bits per heavy atom. The van der Waals surface area contributed by atoms with Gasteiger partial charge in [0.2, 0.25) is 0 Å². The molecule has 0 aliphatic heterocycles. The predicted molar refractivity (Wildman–Crippen MR) is 74.1 cm³/mol. The maximum Gasteiger partial charge on any atom is 0.0635 e. The van der Waals surface area contributed by atoms with Crippen LogP contribution in [0.5, 0.6) is 0 Å². The lowest BCUT2D eigenvalue weighted by atomic mass is 9.91. The van der Waals surface area contributed by atoms with E-state index in [4.69, 9.17) is 5.11 Å². The van der Waals surface area contributed by atoms with Crippen LogP contribution in [0.1, 0.15) is 30.4 Å². The number of aliphatic hydroxyl groups excluding tert-OH is 2. The molecule has 0 heterocycles. The average molecular weight is 249 g/mol. The molecule has 0 spiro atoms. The van der Waals surface area contributed by atoms with E-state index >= 15 is 0 Å². The molecule has 3 heteroatoms. The summed E-state index contributed by atoms with van der Waals surface area (Å²) in [4.78, 5) is 2.07. The summed E-state index contributed by atoms with van der Waals surface area (Å²) in [5, 5.41) is 18.4. The molecule has 1 aliphatic rings. The molecule has 3 nitrogen and oxygen atoms in total. The molecule has 1 aromatic carbocycles. The molecule has 1 aliphatic carbocycles. The fraction of sp³-hybridized carbons (Fsp3) is 0.600. The van der Waals surface area contributed by atoms with Gasteiger partial charge in [-0.15, -0.1) is 0 Å². The Labute approximate surface area is 109 Å². The van der Waals surface area contributed by atoms with Crippen LogP contribution in [-0.4, -0.2) is 36.5 Å². The van der Waals surface area contributed by atoms with Gasteiger partial charge in [0.15, 0.2) is 0 Å². The summed E-state index contributed by atoms with van der Waals surface area (Å²) in [6.45, 7) is 0.189. The molecule has 0 amide bonds. The Kier molecular flexibility index (Phi) is 4.61. The topological polar surface area (TPSA) is 43.7 Å². The van der Waals surface area contributed by atoms with Gasteiger partial charge in [0.05, 0.1) is 12.6 Å². The summed E-state index contributed by atoms with van der Waals surface area (Å²) in [7, 11) is 1.99. The van der Waals surface area contributed by atoms with E-state index < -0.39 is 0 Å². The minimum absolute atomic E-state index is 0.00311. The van der Waals surface area contributed by atoms with Crippen molar-refractivity contribution in [1.82, 2.24) is 0 Å². The molecule has 18 heavy (non-hydrogen) atoms. The van der Waals surface area contributed by atoms with Crippen molar-refractivity contribution in [3.05, 3.63) is 29.3 Å². The quantitative estimate of drug-likeness (QED) is 0.835. The number of hydrogen-bond donors (Lipinski definition) is 2. The Morgan fingerprint density at radius 1 is 1.17 bits per heavy atom. The standard InChI is InChI=1S/C15H23NO2/c1-16(15(11-18)8-9-17)14-7-6-12-4-2-3-5-13(12)10-14/h6-7,10,15,17-18H,2-5,8-9,11H2,1H3. The molecule has 0 bridgehead atoms. The highest BCUT2D eigenvalue weighted by molar-refractivity contribution is 5.52. The van der Waals surface area contributed by atoms with E-state index in [-0.39, 0.29) is 19.3 Å². The second kappa shape index (κ2) is 6.21. The van der Waals surface area contributed by atoms with E-state index in [1.54, 1.807) is 0 Å². The fourth-order valence-corrected chi connectivity index (χ4v) is 2.71. The van der Waals surface area contributed by atoms with Crippen molar-refractivity contribution in [2.75, 3.05) is 25.2 Å². The molecule has 1 aromatic rings. The molecule has 0 radical (unpaired) electrons. The normalized spacial score (nSPS) is 16.2. The summed E-state index contributed by atoms with van der Waals surface area (Å²) in [6, 6.07) is 6.59. The molecule has 0 saturated carbocycles. The third-order valence-electron chi connectivity index (χ3n) is 3.96. The number of nitrogens with zero attached hydrogens (tertiary/aromatic N) is 1. The van der Waals surface area contributed by atoms with Gasteiger partial charge in [0.1, 0.15) is 0 Å². The van der Waals surface area contributed by atoms with Gasteiger partial charge in [-0.3, -0.25) is 0 Å². The summed E-state index contributed by atoms with van der Waals surface area (Å²) in [5.74, 6) is 0. The number of aryl methyl sites for hydroxylation is 2. The highest BCUT2D eigenvalue weighted by Gasteiger charge is 2.16. The minimum atomic E-state index is -0.00311. The van der Waals surface area contributed by atoms with E-state index in [0.29, 0.717) is 6.42 Å². The van der Waals surface area contributed by atoms with Crippen LogP contribution in [0.25, 0.3) is 0 Å². The molecule has 0 saturated heterocycles. The monoisotopic (exact) mass is 249 g/mol. The van der Waals surface area contributed by atoms with Crippen LogP contribution in [0.2, 0.25) is 0 Å². The fourth-order valence-electron chi connectivity index (χ4n) is 2.71. The maximum absolute atomic E-state index is 9.37. The van der Waals surface area contributed by atoms with Crippen LogP contribution in [-0.2, 0) is 12.8 Å². The molecular formula is C15H23NO2. The Bertz CT molecular complexity index is 392. The third-order valence-corrected chi connectivity index (χ3v) is 3.96. The zero-order valence-electron chi connectivity index (χ0n) is 11.1. The Balaban J connectivity index is 2.17. The number of hydrogen-bond acceptors (Lipinski definition) is 3. The molecule has 100 valence electrons. The van der Waals surface area contributed by atoms with Crippen molar-refractivity contribution >= 4 is 5.69 Å². The third kappa shape index (κ3) is 2.85. The smallest absolute Gasteiger partial charge is 0.0635 e. The van der Waals surface area contributed by atoms with Crippen molar-refractivity contribution in [2.45, 2.75) is 38.1 Å². The molecule has 2 rings (SSSR count). The van der Waals surface area contributed by atoms with Gasteiger partial charge in [0, 0.05) is 19.3 Å². The molecule has 0 aromatic heterocycles.